The molecular weight excluding hydrogens is 320 g/mol. The van der Waals surface area contributed by atoms with Gasteiger partial charge in [0, 0.05) is 4.47 Å². The van der Waals surface area contributed by atoms with E-state index in [-0.39, 0.29) is 17.2 Å². The molecule has 2 aromatic rings. The van der Waals surface area contributed by atoms with Crippen LogP contribution in [0.2, 0.25) is 0 Å². The Kier molecular flexibility index (Phi) is 3.73. The summed E-state index contributed by atoms with van der Waals surface area (Å²) in [5, 5.41) is 11.6. The Labute approximate surface area is 115 Å². The summed E-state index contributed by atoms with van der Waals surface area (Å²) in [5.41, 5.74) is 1.82. The Morgan fingerprint density at radius 3 is 2.78 bits per heavy atom. The van der Waals surface area contributed by atoms with E-state index in [0.29, 0.717) is 9.35 Å². The van der Waals surface area contributed by atoms with Gasteiger partial charge in [-0.15, -0.1) is 11.3 Å². The molecule has 1 aromatic heterocycles. The van der Waals surface area contributed by atoms with E-state index in [1.807, 2.05) is 0 Å². The maximum Gasteiger partial charge on any atom is 0.337 e. The number of hydrogen-bond donors (Lipinski definition) is 2. The second kappa shape index (κ2) is 5.28. The van der Waals surface area contributed by atoms with E-state index in [2.05, 4.69) is 26.2 Å². The lowest BCUT2D eigenvalue weighted by Crippen LogP contribution is -2.13. The zero-order chi connectivity index (χ0) is 13.1. The van der Waals surface area contributed by atoms with Gasteiger partial charge in [0.15, 0.2) is 0 Å². The van der Waals surface area contributed by atoms with Crippen molar-refractivity contribution < 1.29 is 14.7 Å². The van der Waals surface area contributed by atoms with Gasteiger partial charge in [-0.1, -0.05) is 15.9 Å². The predicted octanol–water partition coefficient (Wildman–Crippen LogP) is 2.86. The van der Waals surface area contributed by atoms with Gasteiger partial charge >= 0.3 is 5.97 Å². The predicted molar refractivity (Wildman–Crippen MR) is 71.2 cm³/mol. The van der Waals surface area contributed by atoms with Crippen LogP contribution in [-0.2, 0) is 0 Å². The highest BCUT2D eigenvalue weighted by Gasteiger charge is 2.14. The normalized spacial score (nSPS) is 10.1. The average Bonchev–Trinajstić information content (AvgIpc) is 2.84. The van der Waals surface area contributed by atoms with Crippen LogP contribution in [0.4, 0.5) is 5.69 Å². The Balaban J connectivity index is 2.29. The van der Waals surface area contributed by atoms with Crippen LogP contribution in [0.5, 0.6) is 0 Å². The number of nitrogens with zero attached hydrogens (tertiary/aromatic N) is 1. The minimum atomic E-state index is -1.10. The first-order valence-electron chi connectivity index (χ1n) is 4.80. The molecule has 0 saturated carbocycles. The minimum Gasteiger partial charge on any atom is -0.478 e. The van der Waals surface area contributed by atoms with Crippen LogP contribution >= 0.6 is 27.3 Å². The van der Waals surface area contributed by atoms with Crippen molar-refractivity contribution in [2.24, 2.45) is 0 Å². The first kappa shape index (κ1) is 12.7. The third-order valence-electron chi connectivity index (χ3n) is 2.12. The van der Waals surface area contributed by atoms with Crippen molar-refractivity contribution in [1.29, 1.82) is 0 Å². The summed E-state index contributed by atoms with van der Waals surface area (Å²) >= 11 is 4.37. The van der Waals surface area contributed by atoms with Gasteiger partial charge in [0.25, 0.3) is 5.91 Å². The topological polar surface area (TPSA) is 79.3 Å². The number of aromatic carboxylic acids is 1. The van der Waals surface area contributed by atoms with E-state index in [4.69, 9.17) is 5.11 Å². The number of halogens is 1. The van der Waals surface area contributed by atoms with E-state index < -0.39 is 5.97 Å². The van der Waals surface area contributed by atoms with Gasteiger partial charge in [0.1, 0.15) is 4.88 Å². The van der Waals surface area contributed by atoms with Crippen molar-refractivity contribution in [2.75, 3.05) is 5.32 Å². The van der Waals surface area contributed by atoms with Crippen LogP contribution in [-0.4, -0.2) is 22.0 Å². The monoisotopic (exact) mass is 326 g/mol. The SMILES string of the molecule is O=C(Nc1ccc(Br)cc1C(=O)O)c1cncs1. The Hall–Kier alpha value is -1.73. The molecule has 1 aromatic carbocycles. The quantitative estimate of drug-likeness (QED) is 0.908. The summed E-state index contributed by atoms with van der Waals surface area (Å²) < 4.78 is 0.635. The second-order valence-electron chi connectivity index (χ2n) is 3.31. The van der Waals surface area contributed by atoms with Crippen LogP contribution < -0.4 is 5.32 Å². The number of carboxylic acids is 1. The minimum absolute atomic E-state index is 0.0299. The first-order chi connectivity index (χ1) is 8.58. The molecule has 0 radical (unpaired) electrons. The lowest BCUT2D eigenvalue weighted by Gasteiger charge is -2.07. The number of thiazole rings is 1. The van der Waals surface area contributed by atoms with Crippen LogP contribution in [0.3, 0.4) is 0 Å². The number of carbonyl (C=O) groups excluding carboxylic acids is 1. The highest BCUT2D eigenvalue weighted by Crippen LogP contribution is 2.22. The number of anilines is 1. The molecule has 0 aliphatic heterocycles. The summed E-state index contributed by atoms with van der Waals surface area (Å²) in [6.45, 7) is 0. The van der Waals surface area contributed by atoms with Crippen LogP contribution in [0, 0.1) is 0 Å². The van der Waals surface area contributed by atoms with E-state index >= 15 is 0 Å². The highest BCUT2D eigenvalue weighted by atomic mass is 79.9. The fourth-order valence-electron chi connectivity index (χ4n) is 1.31. The number of hydrogen-bond acceptors (Lipinski definition) is 4. The summed E-state index contributed by atoms with van der Waals surface area (Å²) in [7, 11) is 0. The smallest absolute Gasteiger partial charge is 0.337 e. The number of benzene rings is 1. The molecule has 0 spiro atoms. The fourth-order valence-corrected chi connectivity index (χ4v) is 2.19. The Bertz CT molecular complexity index is 598. The first-order valence-corrected chi connectivity index (χ1v) is 6.48. The van der Waals surface area contributed by atoms with Crippen LogP contribution in [0.1, 0.15) is 20.0 Å². The van der Waals surface area contributed by atoms with E-state index in [1.165, 1.54) is 35.2 Å². The molecule has 2 rings (SSSR count). The number of rotatable bonds is 3. The van der Waals surface area contributed by atoms with E-state index in [0.717, 1.165) is 0 Å². The van der Waals surface area contributed by atoms with Gasteiger partial charge in [0.05, 0.1) is 23.0 Å². The summed E-state index contributed by atoms with van der Waals surface area (Å²) in [4.78, 5) is 27.1. The highest BCUT2D eigenvalue weighted by molar-refractivity contribution is 9.10. The van der Waals surface area contributed by atoms with Gasteiger partial charge in [0.2, 0.25) is 0 Å². The molecule has 92 valence electrons. The van der Waals surface area contributed by atoms with Crippen molar-refractivity contribution in [3.63, 3.8) is 0 Å². The molecule has 0 bridgehead atoms. The summed E-state index contributed by atoms with van der Waals surface area (Å²) in [5.74, 6) is -1.47. The Morgan fingerprint density at radius 1 is 1.39 bits per heavy atom. The largest absolute Gasteiger partial charge is 0.478 e. The van der Waals surface area contributed by atoms with Crippen molar-refractivity contribution in [3.05, 3.63) is 44.8 Å². The molecule has 0 unspecified atom stereocenters. The zero-order valence-electron chi connectivity index (χ0n) is 8.88. The maximum absolute atomic E-state index is 11.8. The van der Waals surface area contributed by atoms with E-state index in [9.17, 15) is 9.59 Å². The number of aromatic nitrogens is 1. The molecule has 7 heteroatoms. The molecule has 5 nitrogen and oxygen atoms in total. The molecule has 0 aliphatic carbocycles. The average molecular weight is 327 g/mol. The molecule has 18 heavy (non-hydrogen) atoms. The molecule has 0 atom stereocenters. The van der Waals surface area contributed by atoms with Crippen molar-refractivity contribution in [3.8, 4) is 0 Å². The third-order valence-corrected chi connectivity index (χ3v) is 3.38. The second-order valence-corrected chi connectivity index (χ2v) is 5.12. The number of carboxylic acid groups (broad SMARTS) is 1. The van der Waals surface area contributed by atoms with Gasteiger partial charge in [-0.25, -0.2) is 4.79 Å². The molecule has 1 amide bonds. The number of nitrogens with one attached hydrogen (secondary N) is 1. The van der Waals surface area contributed by atoms with Crippen molar-refractivity contribution >= 4 is 44.8 Å². The lowest BCUT2D eigenvalue weighted by atomic mass is 10.2. The van der Waals surface area contributed by atoms with Gasteiger partial charge in [-0.05, 0) is 18.2 Å². The molecule has 0 fully saturated rings. The number of amides is 1. The summed E-state index contributed by atoms with van der Waals surface area (Å²) in [6, 6.07) is 4.63. The van der Waals surface area contributed by atoms with Gasteiger partial charge in [-0.2, -0.15) is 0 Å². The Morgan fingerprint density at radius 2 is 2.17 bits per heavy atom. The van der Waals surface area contributed by atoms with Gasteiger partial charge < -0.3 is 10.4 Å². The molecule has 2 N–H and O–H groups in total. The maximum atomic E-state index is 11.8. The van der Waals surface area contributed by atoms with Crippen molar-refractivity contribution in [2.45, 2.75) is 0 Å². The van der Waals surface area contributed by atoms with Crippen LogP contribution in [0.25, 0.3) is 0 Å². The lowest BCUT2D eigenvalue weighted by molar-refractivity contribution is 0.0698. The van der Waals surface area contributed by atoms with Crippen molar-refractivity contribution in [1.82, 2.24) is 4.98 Å². The molecule has 0 saturated heterocycles. The standard InChI is InChI=1S/C11H7BrN2O3S/c12-6-1-2-8(7(3-6)11(16)17)14-10(15)9-4-13-5-18-9/h1-5H,(H,14,15)(H,16,17). The number of carbonyl (C=O) groups is 2. The van der Waals surface area contributed by atoms with Gasteiger partial charge in [-0.3, -0.25) is 9.78 Å². The molecular formula is C11H7BrN2O3S. The van der Waals surface area contributed by atoms with Crippen LogP contribution in [0.15, 0.2) is 34.4 Å². The van der Waals surface area contributed by atoms with E-state index in [1.54, 1.807) is 6.07 Å². The fraction of sp³-hybridized carbons (Fsp3) is 0. The molecule has 0 aliphatic rings. The zero-order valence-corrected chi connectivity index (χ0v) is 11.3. The molecule has 1 heterocycles. The summed E-state index contributed by atoms with van der Waals surface area (Å²) in [6.07, 6.45) is 1.43. The third kappa shape index (κ3) is 2.74.